The summed E-state index contributed by atoms with van der Waals surface area (Å²) in [5.41, 5.74) is 3.65. The van der Waals surface area contributed by atoms with Gasteiger partial charge in [0.25, 0.3) is 5.91 Å². The van der Waals surface area contributed by atoms with E-state index in [4.69, 9.17) is 5.73 Å². The van der Waals surface area contributed by atoms with E-state index >= 15 is 0 Å². The summed E-state index contributed by atoms with van der Waals surface area (Å²) in [6.45, 7) is -0.968. The van der Waals surface area contributed by atoms with Crippen molar-refractivity contribution in [2.45, 2.75) is 73.2 Å². The number of hydrogen-bond donors (Lipinski definition) is 2. The average molecular weight is 574 g/mol. The molecule has 1 aliphatic carbocycles. The third kappa shape index (κ3) is 6.76. The van der Waals surface area contributed by atoms with Crippen molar-refractivity contribution >= 4 is 27.4 Å². The average Bonchev–Trinajstić information content (AvgIpc) is 3.50. The van der Waals surface area contributed by atoms with Gasteiger partial charge in [-0.3, -0.25) is 19.3 Å². The first kappa shape index (κ1) is 29.7. The highest BCUT2D eigenvalue weighted by Crippen LogP contribution is 2.40. The lowest BCUT2D eigenvalue weighted by Gasteiger charge is -2.29. The Hall–Kier alpha value is -2.88. The molecule has 2 aliphatic rings. The van der Waals surface area contributed by atoms with Crippen LogP contribution in [0.3, 0.4) is 0 Å². The summed E-state index contributed by atoms with van der Waals surface area (Å²) < 4.78 is 110. The summed E-state index contributed by atoms with van der Waals surface area (Å²) in [5.74, 6) is -3.76. The van der Waals surface area contributed by atoms with Crippen LogP contribution < -0.4 is 15.8 Å². The zero-order valence-corrected chi connectivity index (χ0v) is 20.8. The molecule has 2 amide bonds. The smallest absolute Gasteiger partial charge is 0.422 e. The van der Waals surface area contributed by atoms with Gasteiger partial charge in [-0.15, -0.1) is 0 Å². The van der Waals surface area contributed by atoms with Gasteiger partial charge in [0.05, 0.1) is 27.8 Å². The molecule has 2 fully saturated rings. The highest BCUT2D eigenvalue weighted by molar-refractivity contribution is 7.92. The third-order valence-electron chi connectivity index (χ3n) is 6.26. The molecular formula is C22H25F6N3O6S. The number of carbonyl (C=O) groups excluding carboxylic acids is 3. The third-order valence-corrected chi connectivity index (χ3v) is 8.45. The number of carbonyl (C=O) groups is 3. The summed E-state index contributed by atoms with van der Waals surface area (Å²) in [6, 6.07) is -1.50. The topological polar surface area (TPSA) is 136 Å². The molecule has 1 aromatic carbocycles. The van der Waals surface area contributed by atoms with Crippen LogP contribution in [0.1, 0.15) is 38.2 Å². The van der Waals surface area contributed by atoms with Crippen molar-refractivity contribution < 1.29 is 53.9 Å². The number of nitrogens with zero attached hydrogens (tertiary/aromatic N) is 1. The molecule has 212 valence electrons. The highest BCUT2D eigenvalue weighted by Gasteiger charge is 2.49. The number of hydrogen-bond acceptors (Lipinski definition) is 7. The van der Waals surface area contributed by atoms with Gasteiger partial charge in [-0.25, -0.2) is 8.42 Å². The Bertz CT molecular complexity index is 1200. The molecule has 1 saturated heterocycles. The minimum absolute atomic E-state index is 0.0213. The minimum atomic E-state index is -5.29. The molecule has 0 spiro atoms. The Balaban J connectivity index is 1.93. The van der Waals surface area contributed by atoms with Crippen molar-refractivity contribution in [3.05, 3.63) is 23.8 Å². The number of likely N-dealkylation sites (tertiary alicyclic amines) is 1. The zero-order chi connectivity index (χ0) is 28.6. The minimum Gasteiger partial charge on any atom is -0.484 e. The van der Waals surface area contributed by atoms with Crippen LogP contribution in [0.25, 0.3) is 0 Å². The second-order valence-corrected chi connectivity index (χ2v) is 11.3. The summed E-state index contributed by atoms with van der Waals surface area (Å²) in [4.78, 5) is 37.1. The van der Waals surface area contributed by atoms with Gasteiger partial charge in [0.1, 0.15) is 5.75 Å². The van der Waals surface area contributed by atoms with Crippen molar-refractivity contribution in [2.24, 2.45) is 5.73 Å². The van der Waals surface area contributed by atoms with Gasteiger partial charge >= 0.3 is 12.4 Å². The first-order valence-corrected chi connectivity index (χ1v) is 13.0. The van der Waals surface area contributed by atoms with Crippen LogP contribution in [-0.2, 0) is 30.4 Å². The molecular weight excluding hydrogens is 548 g/mol. The fourth-order valence-electron chi connectivity index (χ4n) is 4.29. The van der Waals surface area contributed by atoms with E-state index in [1.54, 1.807) is 0 Å². The number of Topliss-reactive ketones (excluding diaryl/α,β-unsaturated/α-hetero) is 1. The standard InChI is InChI=1S/C22H25F6N3O6S/c1-2-15(18(32)20(34)30-11-3-4-11)31-9-13(8-16(31)19(29)33)38(35,36)17-6-5-12(37-10-21(23,24)25)7-14(17)22(26,27)28/h5-7,11,13,15-16H,2-4,8-10H2,1H3,(H2,29,33)(H,30,34)/t13?,15-,16?/m0/s1. The number of ketones is 1. The van der Waals surface area contributed by atoms with Crippen LogP contribution in [0.4, 0.5) is 26.3 Å². The normalized spacial score (nSPS) is 21.7. The second-order valence-electron chi connectivity index (χ2n) is 9.11. The largest absolute Gasteiger partial charge is 0.484 e. The molecule has 9 nitrogen and oxygen atoms in total. The molecule has 1 aromatic rings. The van der Waals surface area contributed by atoms with E-state index in [9.17, 15) is 49.1 Å². The fourth-order valence-corrected chi connectivity index (χ4v) is 6.19. The molecule has 0 radical (unpaired) electrons. The van der Waals surface area contributed by atoms with Gasteiger partial charge in [-0.1, -0.05) is 6.92 Å². The van der Waals surface area contributed by atoms with Gasteiger partial charge in [0, 0.05) is 12.6 Å². The Labute approximate surface area is 213 Å². The number of alkyl halides is 6. The number of halogens is 6. The van der Waals surface area contributed by atoms with E-state index in [1.807, 2.05) is 0 Å². The van der Waals surface area contributed by atoms with Crippen molar-refractivity contribution in [1.82, 2.24) is 10.2 Å². The SMILES string of the molecule is CC[C@@H](C(=O)C(=O)NC1CC1)N1CC(S(=O)(=O)c2ccc(OCC(F)(F)F)cc2C(F)(F)F)CC1C(N)=O. The predicted molar refractivity (Wildman–Crippen MR) is 119 cm³/mol. The monoisotopic (exact) mass is 573 g/mol. The molecule has 2 unspecified atom stereocenters. The maximum absolute atomic E-state index is 13.8. The van der Waals surface area contributed by atoms with Crippen LogP contribution in [-0.4, -0.2) is 73.6 Å². The summed E-state index contributed by atoms with van der Waals surface area (Å²) in [7, 11) is -4.87. The summed E-state index contributed by atoms with van der Waals surface area (Å²) in [5, 5.41) is 0.853. The fraction of sp³-hybridized carbons (Fsp3) is 0.591. The van der Waals surface area contributed by atoms with Gasteiger partial charge in [0.2, 0.25) is 11.7 Å². The molecule has 38 heavy (non-hydrogen) atoms. The zero-order valence-electron chi connectivity index (χ0n) is 19.9. The molecule has 1 saturated carbocycles. The molecule has 3 N–H and O–H groups in total. The van der Waals surface area contributed by atoms with E-state index in [2.05, 4.69) is 10.1 Å². The van der Waals surface area contributed by atoms with Crippen molar-refractivity contribution in [3.8, 4) is 5.75 Å². The Kier molecular flexibility index (Phi) is 8.36. The first-order chi connectivity index (χ1) is 17.5. The van der Waals surface area contributed by atoms with Gasteiger partial charge < -0.3 is 15.8 Å². The number of nitrogens with one attached hydrogen (secondary N) is 1. The molecule has 3 atom stereocenters. The number of sulfone groups is 1. The van der Waals surface area contributed by atoms with Crippen molar-refractivity contribution in [3.63, 3.8) is 0 Å². The van der Waals surface area contributed by atoms with Crippen LogP contribution in [0.15, 0.2) is 23.1 Å². The quantitative estimate of drug-likeness (QED) is 0.323. The van der Waals surface area contributed by atoms with Crippen LogP contribution in [0.2, 0.25) is 0 Å². The van der Waals surface area contributed by atoms with Crippen LogP contribution in [0.5, 0.6) is 5.75 Å². The number of primary amides is 1. The number of benzene rings is 1. The predicted octanol–water partition coefficient (Wildman–Crippen LogP) is 1.97. The number of amides is 2. The molecule has 16 heteroatoms. The molecule has 1 aliphatic heterocycles. The Morgan fingerprint density at radius 3 is 2.29 bits per heavy atom. The van der Waals surface area contributed by atoms with Crippen molar-refractivity contribution in [1.29, 1.82) is 0 Å². The molecule has 3 rings (SSSR count). The van der Waals surface area contributed by atoms with Gasteiger partial charge in [0.15, 0.2) is 16.4 Å². The molecule has 1 heterocycles. The van der Waals surface area contributed by atoms with E-state index in [-0.39, 0.29) is 18.5 Å². The van der Waals surface area contributed by atoms with Gasteiger partial charge in [-0.05, 0) is 43.9 Å². The van der Waals surface area contributed by atoms with Crippen molar-refractivity contribution in [2.75, 3.05) is 13.2 Å². The first-order valence-electron chi connectivity index (χ1n) is 11.5. The maximum atomic E-state index is 13.8. The van der Waals surface area contributed by atoms with E-state index in [0.29, 0.717) is 25.0 Å². The summed E-state index contributed by atoms with van der Waals surface area (Å²) >= 11 is 0. The maximum Gasteiger partial charge on any atom is 0.422 e. The molecule has 0 bridgehead atoms. The van der Waals surface area contributed by atoms with Crippen LogP contribution >= 0.6 is 0 Å². The summed E-state index contributed by atoms with van der Waals surface area (Å²) in [6.07, 6.45) is -9.34. The Morgan fingerprint density at radius 2 is 1.79 bits per heavy atom. The number of rotatable bonds is 10. The lowest BCUT2D eigenvalue weighted by Crippen LogP contribution is -2.52. The number of nitrogens with two attached hydrogens (primary N) is 1. The van der Waals surface area contributed by atoms with E-state index < -0.39 is 92.9 Å². The highest BCUT2D eigenvalue weighted by atomic mass is 32.2. The lowest BCUT2D eigenvalue weighted by molar-refractivity contribution is -0.153. The Morgan fingerprint density at radius 1 is 1.16 bits per heavy atom. The van der Waals surface area contributed by atoms with Gasteiger partial charge in [-0.2, -0.15) is 26.3 Å². The van der Waals surface area contributed by atoms with Crippen LogP contribution in [0, 0.1) is 0 Å². The number of ether oxygens (including phenoxy) is 1. The van der Waals surface area contributed by atoms with E-state index in [1.165, 1.54) is 6.92 Å². The molecule has 0 aromatic heterocycles. The van der Waals surface area contributed by atoms with E-state index in [0.717, 1.165) is 4.90 Å². The second kappa shape index (κ2) is 10.7. The lowest BCUT2D eigenvalue weighted by atomic mass is 10.1.